The fourth-order valence-corrected chi connectivity index (χ4v) is 2.45. The molecule has 0 spiro atoms. The summed E-state index contributed by atoms with van der Waals surface area (Å²) in [6.45, 7) is 4.08. The van der Waals surface area contributed by atoms with Gasteiger partial charge in [-0.15, -0.1) is 0 Å². The summed E-state index contributed by atoms with van der Waals surface area (Å²) >= 11 is 0. The molecule has 1 amide bonds. The number of benzene rings is 2. The van der Waals surface area contributed by atoms with Crippen molar-refractivity contribution in [1.29, 1.82) is 0 Å². The van der Waals surface area contributed by atoms with Gasteiger partial charge in [-0.1, -0.05) is 6.07 Å². The maximum Gasteiger partial charge on any atom is 0.220 e. The average molecular weight is 361 g/mol. The number of nitrogens with one attached hydrogen (secondary N) is 1. The molecular weight excluding hydrogens is 340 g/mol. The Kier molecular flexibility index (Phi) is 6.83. The topological polar surface area (TPSA) is 55.4 Å². The van der Waals surface area contributed by atoms with Crippen molar-refractivity contribution in [3.8, 4) is 5.75 Å². The van der Waals surface area contributed by atoms with E-state index in [-0.39, 0.29) is 24.5 Å². The SMILES string of the molecule is CCOc1ccc(C(=O)CCC(=O)N[C@@H](C)c2ccc(F)c(F)c2)cc1. The van der Waals surface area contributed by atoms with Crippen molar-refractivity contribution in [3.63, 3.8) is 0 Å². The van der Waals surface area contributed by atoms with E-state index in [4.69, 9.17) is 4.74 Å². The molecule has 0 unspecified atom stereocenters. The van der Waals surface area contributed by atoms with Gasteiger partial charge in [-0.2, -0.15) is 0 Å². The van der Waals surface area contributed by atoms with Crippen LogP contribution in [0.25, 0.3) is 0 Å². The summed E-state index contributed by atoms with van der Waals surface area (Å²) in [5.41, 5.74) is 0.963. The lowest BCUT2D eigenvalue weighted by atomic mass is 10.1. The minimum Gasteiger partial charge on any atom is -0.494 e. The van der Waals surface area contributed by atoms with Crippen LogP contribution in [-0.2, 0) is 4.79 Å². The van der Waals surface area contributed by atoms with Gasteiger partial charge in [-0.05, 0) is 55.8 Å². The van der Waals surface area contributed by atoms with Crippen molar-refractivity contribution in [1.82, 2.24) is 5.32 Å². The number of hydrogen-bond donors (Lipinski definition) is 1. The Balaban J connectivity index is 1.85. The molecule has 0 aromatic heterocycles. The maximum atomic E-state index is 13.3. The number of amides is 1. The highest BCUT2D eigenvalue weighted by atomic mass is 19.2. The largest absolute Gasteiger partial charge is 0.494 e. The Bertz CT molecular complexity index is 775. The highest BCUT2D eigenvalue weighted by Gasteiger charge is 2.14. The van der Waals surface area contributed by atoms with Gasteiger partial charge in [0.25, 0.3) is 0 Å². The predicted molar refractivity (Wildman–Crippen MR) is 94.1 cm³/mol. The monoisotopic (exact) mass is 361 g/mol. The number of ketones is 1. The number of carbonyl (C=O) groups is 2. The summed E-state index contributed by atoms with van der Waals surface area (Å²) in [7, 11) is 0. The quantitative estimate of drug-likeness (QED) is 0.717. The molecule has 4 nitrogen and oxygen atoms in total. The van der Waals surface area contributed by atoms with Gasteiger partial charge in [0.1, 0.15) is 5.75 Å². The van der Waals surface area contributed by atoms with E-state index in [1.807, 2.05) is 6.92 Å². The highest BCUT2D eigenvalue weighted by molar-refractivity contribution is 5.98. The number of carbonyl (C=O) groups excluding carboxylic acids is 2. The molecule has 26 heavy (non-hydrogen) atoms. The second kappa shape index (κ2) is 9.08. The van der Waals surface area contributed by atoms with Crippen molar-refractivity contribution >= 4 is 11.7 Å². The first-order chi connectivity index (χ1) is 12.4. The second-order valence-corrected chi connectivity index (χ2v) is 5.84. The van der Waals surface area contributed by atoms with Crippen LogP contribution >= 0.6 is 0 Å². The smallest absolute Gasteiger partial charge is 0.220 e. The Labute approximate surface area is 151 Å². The molecule has 0 radical (unpaired) electrons. The van der Waals surface area contributed by atoms with Crippen molar-refractivity contribution in [3.05, 3.63) is 65.2 Å². The third-order valence-corrected chi connectivity index (χ3v) is 3.89. The van der Waals surface area contributed by atoms with Crippen molar-refractivity contribution in [2.75, 3.05) is 6.61 Å². The van der Waals surface area contributed by atoms with Gasteiger partial charge in [0.05, 0.1) is 12.6 Å². The van der Waals surface area contributed by atoms with E-state index in [1.54, 1.807) is 31.2 Å². The number of hydrogen-bond acceptors (Lipinski definition) is 3. The highest BCUT2D eigenvalue weighted by Crippen LogP contribution is 2.17. The minimum absolute atomic E-state index is 0.0139. The van der Waals surface area contributed by atoms with Crippen LogP contribution in [0.2, 0.25) is 0 Å². The normalized spacial score (nSPS) is 11.7. The Morgan fingerprint density at radius 3 is 2.35 bits per heavy atom. The molecule has 0 aliphatic rings. The lowest BCUT2D eigenvalue weighted by Gasteiger charge is -2.14. The molecule has 2 aromatic rings. The molecule has 2 rings (SSSR count). The van der Waals surface area contributed by atoms with E-state index in [9.17, 15) is 18.4 Å². The molecule has 0 saturated carbocycles. The first-order valence-electron chi connectivity index (χ1n) is 8.41. The van der Waals surface area contributed by atoms with Crippen LogP contribution in [0.4, 0.5) is 8.78 Å². The molecule has 0 aliphatic carbocycles. The van der Waals surface area contributed by atoms with Crippen molar-refractivity contribution < 1.29 is 23.1 Å². The fourth-order valence-electron chi connectivity index (χ4n) is 2.45. The van der Waals surface area contributed by atoms with E-state index in [2.05, 4.69) is 5.32 Å². The molecule has 1 N–H and O–H groups in total. The number of rotatable bonds is 8. The third-order valence-electron chi connectivity index (χ3n) is 3.89. The molecule has 1 atom stereocenters. The molecule has 0 heterocycles. The number of Topliss-reactive ketones (excluding diaryl/α,β-unsaturated/α-hetero) is 1. The summed E-state index contributed by atoms with van der Waals surface area (Å²) in [6.07, 6.45) is 0.0738. The fraction of sp³-hybridized carbons (Fsp3) is 0.300. The van der Waals surface area contributed by atoms with Gasteiger partial charge in [0, 0.05) is 18.4 Å². The van der Waals surface area contributed by atoms with Gasteiger partial charge < -0.3 is 10.1 Å². The minimum atomic E-state index is -0.964. The molecule has 0 fully saturated rings. The summed E-state index contributed by atoms with van der Waals surface area (Å²) in [5, 5.41) is 2.68. The van der Waals surface area contributed by atoms with Gasteiger partial charge in [0.15, 0.2) is 17.4 Å². The van der Waals surface area contributed by atoms with Gasteiger partial charge >= 0.3 is 0 Å². The zero-order chi connectivity index (χ0) is 19.1. The predicted octanol–water partition coefficient (Wildman–Crippen LogP) is 4.20. The van der Waals surface area contributed by atoms with Crippen molar-refractivity contribution in [2.24, 2.45) is 0 Å². The molecule has 0 aliphatic heterocycles. The number of halogens is 2. The van der Waals surface area contributed by atoms with E-state index < -0.39 is 17.7 Å². The molecule has 0 saturated heterocycles. The lowest BCUT2D eigenvalue weighted by Crippen LogP contribution is -2.27. The summed E-state index contributed by atoms with van der Waals surface area (Å²) in [4.78, 5) is 24.1. The van der Waals surface area contributed by atoms with Crippen molar-refractivity contribution in [2.45, 2.75) is 32.7 Å². The van der Waals surface area contributed by atoms with Crippen LogP contribution < -0.4 is 10.1 Å². The Morgan fingerprint density at radius 2 is 1.73 bits per heavy atom. The van der Waals surface area contributed by atoms with Crippen LogP contribution in [-0.4, -0.2) is 18.3 Å². The molecular formula is C20H21F2NO3. The van der Waals surface area contributed by atoms with E-state index in [0.717, 1.165) is 12.1 Å². The van der Waals surface area contributed by atoms with E-state index in [1.165, 1.54) is 6.07 Å². The van der Waals surface area contributed by atoms with E-state index in [0.29, 0.717) is 23.5 Å². The molecule has 6 heteroatoms. The first kappa shape index (κ1) is 19.6. The van der Waals surface area contributed by atoms with E-state index >= 15 is 0 Å². The second-order valence-electron chi connectivity index (χ2n) is 5.84. The molecule has 138 valence electrons. The van der Waals surface area contributed by atoms with Crippen LogP contribution in [0.15, 0.2) is 42.5 Å². The molecule has 2 aromatic carbocycles. The van der Waals surface area contributed by atoms with Crippen LogP contribution in [0.1, 0.15) is 48.7 Å². The molecule has 0 bridgehead atoms. The van der Waals surface area contributed by atoms with Crippen LogP contribution in [0.5, 0.6) is 5.75 Å². The first-order valence-corrected chi connectivity index (χ1v) is 8.41. The zero-order valence-electron chi connectivity index (χ0n) is 14.7. The Morgan fingerprint density at radius 1 is 1.04 bits per heavy atom. The van der Waals surface area contributed by atoms with Gasteiger partial charge in [0.2, 0.25) is 5.91 Å². The van der Waals surface area contributed by atoms with Gasteiger partial charge in [-0.3, -0.25) is 9.59 Å². The summed E-state index contributed by atoms with van der Waals surface area (Å²) in [6, 6.07) is 9.73. The third kappa shape index (κ3) is 5.37. The number of ether oxygens (including phenoxy) is 1. The average Bonchev–Trinajstić information content (AvgIpc) is 2.62. The summed E-state index contributed by atoms with van der Waals surface area (Å²) in [5.74, 6) is -1.70. The Hall–Kier alpha value is -2.76. The summed E-state index contributed by atoms with van der Waals surface area (Å²) < 4.78 is 31.5. The van der Waals surface area contributed by atoms with Gasteiger partial charge in [-0.25, -0.2) is 8.78 Å². The van der Waals surface area contributed by atoms with Crippen LogP contribution in [0, 0.1) is 11.6 Å². The van der Waals surface area contributed by atoms with Crippen LogP contribution in [0.3, 0.4) is 0 Å². The standard InChI is InChI=1S/C20H21F2NO3/c1-3-26-16-7-4-14(5-8-16)19(24)10-11-20(25)23-13(2)15-6-9-17(21)18(22)12-15/h4-9,12-13H,3,10-11H2,1-2H3,(H,23,25)/t13-/m0/s1. The lowest BCUT2D eigenvalue weighted by molar-refractivity contribution is -0.121. The maximum absolute atomic E-state index is 13.3. The zero-order valence-corrected chi connectivity index (χ0v) is 14.7.